The van der Waals surface area contributed by atoms with Crippen molar-refractivity contribution in [2.45, 2.75) is 31.6 Å². The molecule has 26 heavy (non-hydrogen) atoms. The molecule has 0 bridgehead atoms. The number of carbonyl (C=O) groups is 1. The van der Waals surface area contributed by atoms with Crippen LogP contribution in [0.3, 0.4) is 0 Å². The maximum atomic E-state index is 12.8. The van der Waals surface area contributed by atoms with Gasteiger partial charge in [0, 0.05) is 51.4 Å². The summed E-state index contributed by atoms with van der Waals surface area (Å²) in [6.45, 7) is 9.70. The van der Waals surface area contributed by atoms with Crippen LogP contribution < -0.4 is 0 Å². The van der Waals surface area contributed by atoms with E-state index in [-0.39, 0.29) is 10.8 Å². The second kappa shape index (κ2) is 8.06. The van der Waals surface area contributed by atoms with E-state index in [2.05, 4.69) is 18.7 Å². The highest BCUT2D eigenvalue weighted by molar-refractivity contribution is 7.89. The van der Waals surface area contributed by atoms with Gasteiger partial charge in [0.2, 0.25) is 10.0 Å². The summed E-state index contributed by atoms with van der Waals surface area (Å²) in [5.74, 6) is 0.539. The maximum absolute atomic E-state index is 12.8. The fourth-order valence-corrected chi connectivity index (χ4v) is 5.26. The Morgan fingerprint density at radius 3 is 2.31 bits per heavy atom. The van der Waals surface area contributed by atoms with E-state index < -0.39 is 10.0 Å². The van der Waals surface area contributed by atoms with Crippen molar-refractivity contribution in [3.05, 3.63) is 29.8 Å². The molecule has 0 saturated carbocycles. The largest absolute Gasteiger partial charge is 0.336 e. The number of carbonyl (C=O) groups excluding carboxylic acids is 1. The lowest BCUT2D eigenvalue weighted by Crippen LogP contribution is -2.49. The monoisotopic (exact) mass is 379 g/mol. The Morgan fingerprint density at radius 1 is 1.04 bits per heavy atom. The SMILES string of the molecule is CC(C)CN1CCN(C(=O)c2cccc(S(=O)(=O)N3CCCC3)c2)CC1. The van der Waals surface area contributed by atoms with Gasteiger partial charge in [-0.05, 0) is 37.0 Å². The molecule has 3 rings (SSSR count). The zero-order valence-electron chi connectivity index (χ0n) is 15.7. The lowest BCUT2D eigenvalue weighted by Gasteiger charge is -2.35. The predicted octanol–water partition coefficient (Wildman–Crippen LogP) is 1.88. The zero-order chi connectivity index (χ0) is 18.7. The van der Waals surface area contributed by atoms with E-state index in [1.54, 1.807) is 18.2 Å². The van der Waals surface area contributed by atoms with Crippen LogP contribution in [0.5, 0.6) is 0 Å². The highest BCUT2D eigenvalue weighted by Gasteiger charge is 2.28. The van der Waals surface area contributed by atoms with Crippen molar-refractivity contribution >= 4 is 15.9 Å². The second-order valence-corrected chi connectivity index (χ2v) is 9.56. The summed E-state index contributed by atoms with van der Waals surface area (Å²) in [5, 5.41) is 0. The number of benzene rings is 1. The topological polar surface area (TPSA) is 60.9 Å². The van der Waals surface area contributed by atoms with Crippen molar-refractivity contribution in [2.24, 2.45) is 5.92 Å². The van der Waals surface area contributed by atoms with Gasteiger partial charge >= 0.3 is 0 Å². The van der Waals surface area contributed by atoms with Crippen LogP contribution in [0.2, 0.25) is 0 Å². The molecule has 0 atom stereocenters. The third-order valence-corrected chi connectivity index (χ3v) is 6.96. The van der Waals surface area contributed by atoms with Crippen molar-refractivity contribution < 1.29 is 13.2 Å². The molecular formula is C19H29N3O3S. The molecule has 0 aromatic heterocycles. The molecule has 0 spiro atoms. The Bertz CT molecular complexity index is 734. The Balaban J connectivity index is 1.69. The summed E-state index contributed by atoms with van der Waals surface area (Å²) < 4.78 is 27.0. The van der Waals surface area contributed by atoms with Crippen molar-refractivity contribution in [1.29, 1.82) is 0 Å². The highest BCUT2D eigenvalue weighted by atomic mass is 32.2. The smallest absolute Gasteiger partial charge is 0.253 e. The summed E-state index contributed by atoms with van der Waals surface area (Å²) >= 11 is 0. The van der Waals surface area contributed by atoms with E-state index in [4.69, 9.17) is 0 Å². The minimum atomic E-state index is -3.49. The number of rotatable bonds is 5. The van der Waals surface area contributed by atoms with Gasteiger partial charge in [-0.1, -0.05) is 19.9 Å². The van der Waals surface area contributed by atoms with Crippen LogP contribution in [0.15, 0.2) is 29.2 Å². The molecule has 2 saturated heterocycles. The summed E-state index contributed by atoms with van der Waals surface area (Å²) in [4.78, 5) is 17.3. The molecule has 6 nitrogen and oxygen atoms in total. The molecule has 1 aromatic carbocycles. The molecule has 0 radical (unpaired) electrons. The molecule has 2 fully saturated rings. The zero-order valence-corrected chi connectivity index (χ0v) is 16.5. The maximum Gasteiger partial charge on any atom is 0.253 e. The molecule has 0 N–H and O–H groups in total. The van der Waals surface area contributed by atoms with Gasteiger partial charge in [-0.15, -0.1) is 0 Å². The lowest BCUT2D eigenvalue weighted by molar-refractivity contribution is 0.0623. The summed E-state index contributed by atoms with van der Waals surface area (Å²) in [6, 6.07) is 6.51. The molecule has 144 valence electrons. The Morgan fingerprint density at radius 2 is 1.69 bits per heavy atom. The van der Waals surface area contributed by atoms with Gasteiger partial charge in [0.1, 0.15) is 0 Å². The van der Waals surface area contributed by atoms with Crippen LogP contribution in [0.4, 0.5) is 0 Å². The van der Waals surface area contributed by atoms with E-state index in [1.165, 1.54) is 10.4 Å². The third-order valence-electron chi connectivity index (χ3n) is 5.07. The first-order valence-electron chi connectivity index (χ1n) is 9.50. The van der Waals surface area contributed by atoms with Crippen LogP contribution in [-0.2, 0) is 10.0 Å². The van der Waals surface area contributed by atoms with Gasteiger partial charge in [-0.3, -0.25) is 9.69 Å². The van der Waals surface area contributed by atoms with Gasteiger partial charge < -0.3 is 4.90 Å². The number of nitrogens with zero attached hydrogens (tertiary/aromatic N) is 3. The van der Waals surface area contributed by atoms with Crippen LogP contribution in [-0.4, -0.2) is 74.2 Å². The van der Waals surface area contributed by atoms with Gasteiger partial charge in [0.05, 0.1) is 4.90 Å². The molecule has 2 aliphatic heterocycles. The van der Waals surface area contributed by atoms with Gasteiger partial charge in [-0.25, -0.2) is 8.42 Å². The van der Waals surface area contributed by atoms with E-state index >= 15 is 0 Å². The number of piperazine rings is 1. The van der Waals surface area contributed by atoms with Crippen LogP contribution in [0.1, 0.15) is 37.0 Å². The summed E-state index contributed by atoms with van der Waals surface area (Å²) in [5.41, 5.74) is 0.461. The normalized spacial score (nSPS) is 20.0. The Hall–Kier alpha value is -1.44. The number of hydrogen-bond donors (Lipinski definition) is 0. The first-order valence-corrected chi connectivity index (χ1v) is 10.9. The molecule has 0 aliphatic carbocycles. The van der Waals surface area contributed by atoms with Crippen molar-refractivity contribution in [2.75, 3.05) is 45.8 Å². The fourth-order valence-electron chi connectivity index (χ4n) is 3.70. The molecule has 1 aromatic rings. The highest BCUT2D eigenvalue weighted by Crippen LogP contribution is 2.22. The average Bonchev–Trinajstić information content (AvgIpc) is 3.17. The van der Waals surface area contributed by atoms with E-state index in [0.29, 0.717) is 37.7 Å². The third kappa shape index (κ3) is 4.27. The first kappa shape index (κ1) is 19.3. The van der Waals surface area contributed by atoms with Crippen LogP contribution in [0, 0.1) is 5.92 Å². The van der Waals surface area contributed by atoms with E-state index in [1.807, 2.05) is 4.90 Å². The van der Waals surface area contributed by atoms with Crippen molar-refractivity contribution in [3.8, 4) is 0 Å². The number of amides is 1. The Kier molecular flexibility index (Phi) is 5.99. The Labute approximate surface area is 156 Å². The molecule has 2 heterocycles. The molecule has 1 amide bonds. The van der Waals surface area contributed by atoms with Gasteiger partial charge in [0.15, 0.2) is 0 Å². The lowest BCUT2D eigenvalue weighted by atomic mass is 10.1. The van der Waals surface area contributed by atoms with Crippen molar-refractivity contribution in [3.63, 3.8) is 0 Å². The van der Waals surface area contributed by atoms with Crippen molar-refractivity contribution in [1.82, 2.24) is 14.1 Å². The van der Waals surface area contributed by atoms with E-state index in [9.17, 15) is 13.2 Å². The minimum Gasteiger partial charge on any atom is -0.336 e. The molecule has 0 unspecified atom stereocenters. The minimum absolute atomic E-state index is 0.0762. The number of sulfonamides is 1. The second-order valence-electron chi connectivity index (χ2n) is 7.63. The first-order chi connectivity index (χ1) is 12.4. The van der Waals surface area contributed by atoms with Crippen LogP contribution in [0.25, 0.3) is 0 Å². The molecular weight excluding hydrogens is 350 g/mol. The fraction of sp³-hybridized carbons (Fsp3) is 0.632. The number of hydrogen-bond acceptors (Lipinski definition) is 4. The average molecular weight is 380 g/mol. The van der Waals surface area contributed by atoms with Gasteiger partial charge in [0.25, 0.3) is 5.91 Å². The standard InChI is InChI=1S/C19H29N3O3S/c1-16(2)15-20-10-12-21(13-11-20)19(23)17-6-5-7-18(14-17)26(24,25)22-8-3-4-9-22/h5-7,14,16H,3-4,8-13,15H2,1-2H3. The van der Waals surface area contributed by atoms with Crippen LogP contribution >= 0.6 is 0 Å². The summed E-state index contributed by atoms with van der Waals surface area (Å²) in [7, 11) is -3.49. The van der Waals surface area contributed by atoms with E-state index in [0.717, 1.165) is 32.5 Å². The summed E-state index contributed by atoms with van der Waals surface area (Å²) in [6.07, 6.45) is 1.80. The van der Waals surface area contributed by atoms with Gasteiger partial charge in [-0.2, -0.15) is 4.31 Å². The molecule has 7 heteroatoms. The molecule has 2 aliphatic rings. The quantitative estimate of drug-likeness (QED) is 0.784. The predicted molar refractivity (Wildman–Crippen MR) is 102 cm³/mol.